The van der Waals surface area contributed by atoms with Crippen LogP contribution in [0.5, 0.6) is 0 Å². The lowest BCUT2D eigenvalue weighted by Crippen LogP contribution is -2.33. The highest BCUT2D eigenvalue weighted by Gasteiger charge is 2.18. The Bertz CT molecular complexity index is 119. The van der Waals surface area contributed by atoms with Crippen molar-refractivity contribution in [3.8, 4) is 0 Å². The molecule has 1 aliphatic rings. The molecule has 0 aromatic carbocycles. The predicted molar refractivity (Wildman–Crippen MR) is 45.2 cm³/mol. The molecule has 0 aromatic heterocycles. The standard InChI is InChI=1S/C9H17NO/c1-8(10-7-11)9-5-3-2-4-6-9/h7-9H,2-6H2,1H3,(H,10,11)/t8-/m0/s1. The minimum Gasteiger partial charge on any atom is -0.356 e. The third kappa shape index (κ3) is 2.52. The maximum atomic E-state index is 10.1. The van der Waals surface area contributed by atoms with E-state index in [-0.39, 0.29) is 0 Å². The molecule has 0 heterocycles. The monoisotopic (exact) mass is 155 g/mol. The van der Waals surface area contributed by atoms with Crippen molar-refractivity contribution in [3.05, 3.63) is 0 Å². The number of hydrogen-bond donors (Lipinski definition) is 1. The van der Waals surface area contributed by atoms with E-state index in [0.29, 0.717) is 6.04 Å². The number of amides is 1. The Morgan fingerprint density at radius 2 is 2.00 bits per heavy atom. The van der Waals surface area contributed by atoms with Crippen molar-refractivity contribution < 1.29 is 4.79 Å². The van der Waals surface area contributed by atoms with E-state index in [2.05, 4.69) is 12.2 Å². The third-order valence-electron chi connectivity index (χ3n) is 2.69. The van der Waals surface area contributed by atoms with Gasteiger partial charge in [-0.25, -0.2) is 0 Å². The average molecular weight is 155 g/mol. The lowest BCUT2D eigenvalue weighted by molar-refractivity contribution is -0.110. The molecule has 0 aliphatic heterocycles. The largest absolute Gasteiger partial charge is 0.356 e. The molecule has 0 spiro atoms. The second-order valence-electron chi connectivity index (χ2n) is 3.47. The SMILES string of the molecule is C[C@H](NC=O)C1CCCCC1. The van der Waals surface area contributed by atoms with E-state index in [4.69, 9.17) is 0 Å². The van der Waals surface area contributed by atoms with Crippen molar-refractivity contribution in [2.75, 3.05) is 0 Å². The summed E-state index contributed by atoms with van der Waals surface area (Å²) in [5.41, 5.74) is 0. The first-order valence-corrected chi connectivity index (χ1v) is 4.54. The van der Waals surface area contributed by atoms with Gasteiger partial charge in [0.2, 0.25) is 6.41 Å². The van der Waals surface area contributed by atoms with Crippen LogP contribution in [-0.4, -0.2) is 12.5 Å². The molecule has 0 aromatic rings. The van der Waals surface area contributed by atoms with Crippen LogP contribution >= 0.6 is 0 Å². The first kappa shape index (κ1) is 8.57. The van der Waals surface area contributed by atoms with Gasteiger partial charge in [0.1, 0.15) is 0 Å². The van der Waals surface area contributed by atoms with E-state index in [1.807, 2.05) is 0 Å². The minimum atomic E-state index is 0.382. The molecular weight excluding hydrogens is 138 g/mol. The van der Waals surface area contributed by atoms with Gasteiger partial charge in [0, 0.05) is 6.04 Å². The first-order valence-electron chi connectivity index (χ1n) is 4.54. The van der Waals surface area contributed by atoms with Crippen LogP contribution in [0.3, 0.4) is 0 Å². The molecule has 2 heteroatoms. The number of carbonyl (C=O) groups excluding carboxylic acids is 1. The highest BCUT2D eigenvalue weighted by Crippen LogP contribution is 2.25. The van der Waals surface area contributed by atoms with E-state index in [1.165, 1.54) is 32.1 Å². The van der Waals surface area contributed by atoms with E-state index in [1.54, 1.807) is 0 Å². The van der Waals surface area contributed by atoms with E-state index >= 15 is 0 Å². The predicted octanol–water partition coefficient (Wildman–Crippen LogP) is 1.70. The summed E-state index contributed by atoms with van der Waals surface area (Å²) >= 11 is 0. The molecular formula is C9H17NO. The van der Waals surface area contributed by atoms with Gasteiger partial charge >= 0.3 is 0 Å². The summed E-state index contributed by atoms with van der Waals surface area (Å²) in [6.45, 7) is 2.10. The van der Waals surface area contributed by atoms with Crippen molar-refractivity contribution in [2.45, 2.75) is 45.1 Å². The first-order chi connectivity index (χ1) is 5.34. The van der Waals surface area contributed by atoms with Gasteiger partial charge < -0.3 is 5.32 Å². The maximum absolute atomic E-state index is 10.1. The highest BCUT2D eigenvalue weighted by atomic mass is 16.1. The van der Waals surface area contributed by atoms with Crippen LogP contribution in [0.15, 0.2) is 0 Å². The van der Waals surface area contributed by atoms with Gasteiger partial charge in [0.15, 0.2) is 0 Å². The van der Waals surface area contributed by atoms with Crippen LogP contribution in [0, 0.1) is 5.92 Å². The fourth-order valence-electron chi connectivity index (χ4n) is 1.88. The zero-order chi connectivity index (χ0) is 8.10. The van der Waals surface area contributed by atoms with Crippen LogP contribution in [0.4, 0.5) is 0 Å². The smallest absolute Gasteiger partial charge is 0.207 e. The molecule has 0 unspecified atom stereocenters. The van der Waals surface area contributed by atoms with Gasteiger partial charge in [-0.15, -0.1) is 0 Å². The molecule has 1 rings (SSSR count). The number of carbonyl (C=O) groups is 1. The fourth-order valence-corrected chi connectivity index (χ4v) is 1.88. The van der Waals surface area contributed by atoms with Crippen LogP contribution in [0.25, 0.3) is 0 Å². The third-order valence-corrected chi connectivity index (χ3v) is 2.69. The number of nitrogens with one attached hydrogen (secondary N) is 1. The summed E-state index contributed by atoms with van der Waals surface area (Å²) in [6, 6.07) is 0.382. The summed E-state index contributed by atoms with van der Waals surface area (Å²) in [6.07, 6.45) is 7.47. The fraction of sp³-hybridized carbons (Fsp3) is 0.889. The second-order valence-corrected chi connectivity index (χ2v) is 3.47. The van der Waals surface area contributed by atoms with Crippen LogP contribution in [0.2, 0.25) is 0 Å². The molecule has 0 bridgehead atoms. The molecule has 11 heavy (non-hydrogen) atoms. The van der Waals surface area contributed by atoms with Gasteiger partial charge in [-0.05, 0) is 25.7 Å². The Balaban J connectivity index is 2.26. The molecule has 2 nitrogen and oxygen atoms in total. The van der Waals surface area contributed by atoms with E-state index in [0.717, 1.165) is 12.3 Å². The lowest BCUT2D eigenvalue weighted by Gasteiger charge is -2.26. The lowest BCUT2D eigenvalue weighted by atomic mass is 9.85. The van der Waals surface area contributed by atoms with Crippen molar-refractivity contribution in [1.29, 1.82) is 0 Å². The summed E-state index contributed by atoms with van der Waals surface area (Å²) in [5, 5.41) is 2.83. The zero-order valence-corrected chi connectivity index (χ0v) is 7.18. The molecule has 1 atom stereocenters. The Morgan fingerprint density at radius 1 is 1.36 bits per heavy atom. The molecule has 64 valence electrons. The zero-order valence-electron chi connectivity index (χ0n) is 7.18. The van der Waals surface area contributed by atoms with Crippen LogP contribution in [-0.2, 0) is 4.79 Å². The van der Waals surface area contributed by atoms with Crippen molar-refractivity contribution in [2.24, 2.45) is 5.92 Å². The summed E-state index contributed by atoms with van der Waals surface area (Å²) in [4.78, 5) is 10.1. The molecule has 1 N–H and O–H groups in total. The van der Waals surface area contributed by atoms with Crippen molar-refractivity contribution in [3.63, 3.8) is 0 Å². The Morgan fingerprint density at radius 3 is 2.55 bits per heavy atom. The van der Waals surface area contributed by atoms with Crippen LogP contribution < -0.4 is 5.32 Å². The van der Waals surface area contributed by atoms with E-state index < -0.39 is 0 Å². The summed E-state index contributed by atoms with van der Waals surface area (Å²) in [7, 11) is 0. The van der Waals surface area contributed by atoms with Gasteiger partial charge in [0.05, 0.1) is 0 Å². The maximum Gasteiger partial charge on any atom is 0.207 e. The number of rotatable bonds is 3. The highest BCUT2D eigenvalue weighted by molar-refractivity contribution is 5.46. The molecule has 1 saturated carbocycles. The average Bonchev–Trinajstić information content (AvgIpc) is 2.07. The molecule has 0 saturated heterocycles. The molecule has 1 fully saturated rings. The Hall–Kier alpha value is -0.530. The van der Waals surface area contributed by atoms with Gasteiger partial charge in [-0.2, -0.15) is 0 Å². The minimum absolute atomic E-state index is 0.382. The Kier molecular flexibility index (Phi) is 3.40. The normalized spacial score (nSPS) is 22.6. The molecule has 0 radical (unpaired) electrons. The van der Waals surface area contributed by atoms with Crippen LogP contribution in [0.1, 0.15) is 39.0 Å². The quantitative estimate of drug-likeness (QED) is 0.617. The Labute approximate surface area is 68.4 Å². The molecule has 1 aliphatic carbocycles. The molecule has 1 amide bonds. The van der Waals surface area contributed by atoms with E-state index in [9.17, 15) is 4.79 Å². The van der Waals surface area contributed by atoms with Crippen molar-refractivity contribution in [1.82, 2.24) is 5.32 Å². The van der Waals surface area contributed by atoms with Gasteiger partial charge in [-0.3, -0.25) is 4.79 Å². The van der Waals surface area contributed by atoms with Gasteiger partial charge in [-0.1, -0.05) is 19.3 Å². The topological polar surface area (TPSA) is 29.1 Å². The van der Waals surface area contributed by atoms with Gasteiger partial charge in [0.25, 0.3) is 0 Å². The summed E-state index contributed by atoms with van der Waals surface area (Å²) < 4.78 is 0. The number of hydrogen-bond acceptors (Lipinski definition) is 1. The second kappa shape index (κ2) is 4.37. The van der Waals surface area contributed by atoms with Crippen molar-refractivity contribution >= 4 is 6.41 Å². The summed E-state index contributed by atoms with van der Waals surface area (Å²) in [5.74, 6) is 0.731.